The first-order valence-electron chi connectivity index (χ1n) is 7.35. The van der Waals surface area contributed by atoms with E-state index >= 15 is 0 Å². The molecule has 110 valence electrons. The SMILES string of the molecule is CN(C)C(=O)C1CCN(Cc2nnnn2C2CC2)CC1. The van der Waals surface area contributed by atoms with E-state index < -0.39 is 0 Å². The van der Waals surface area contributed by atoms with Crippen molar-refractivity contribution in [1.82, 2.24) is 30.0 Å². The van der Waals surface area contributed by atoms with Gasteiger partial charge in [0.25, 0.3) is 0 Å². The van der Waals surface area contributed by atoms with E-state index in [0.717, 1.165) is 38.3 Å². The van der Waals surface area contributed by atoms with Gasteiger partial charge in [-0.25, -0.2) is 4.68 Å². The van der Waals surface area contributed by atoms with Crippen molar-refractivity contribution in [2.24, 2.45) is 5.92 Å². The second-order valence-corrected chi connectivity index (χ2v) is 6.05. The second-order valence-electron chi connectivity index (χ2n) is 6.05. The molecule has 1 saturated heterocycles. The number of hydrogen-bond acceptors (Lipinski definition) is 5. The van der Waals surface area contributed by atoms with Crippen LogP contribution >= 0.6 is 0 Å². The monoisotopic (exact) mass is 278 g/mol. The average Bonchev–Trinajstić information content (AvgIpc) is 3.19. The lowest BCUT2D eigenvalue weighted by Crippen LogP contribution is -2.40. The highest BCUT2D eigenvalue weighted by Crippen LogP contribution is 2.34. The number of tetrazole rings is 1. The molecule has 20 heavy (non-hydrogen) atoms. The Bertz CT molecular complexity index is 473. The summed E-state index contributed by atoms with van der Waals surface area (Å²) in [4.78, 5) is 16.0. The first kappa shape index (κ1) is 13.5. The molecule has 1 aliphatic heterocycles. The molecular weight excluding hydrogens is 256 g/mol. The summed E-state index contributed by atoms with van der Waals surface area (Å²) in [5.74, 6) is 1.40. The molecule has 0 bridgehead atoms. The van der Waals surface area contributed by atoms with Gasteiger partial charge in [-0.1, -0.05) is 0 Å². The van der Waals surface area contributed by atoms with Crippen molar-refractivity contribution >= 4 is 5.91 Å². The first-order valence-corrected chi connectivity index (χ1v) is 7.35. The normalized spacial score (nSPS) is 21.1. The van der Waals surface area contributed by atoms with E-state index in [9.17, 15) is 4.79 Å². The number of amides is 1. The molecular formula is C13H22N6O. The number of nitrogens with zero attached hydrogens (tertiary/aromatic N) is 6. The molecule has 1 aromatic rings. The van der Waals surface area contributed by atoms with Crippen molar-refractivity contribution in [2.75, 3.05) is 27.2 Å². The fourth-order valence-electron chi connectivity index (χ4n) is 2.82. The Kier molecular flexibility index (Phi) is 3.69. The number of carbonyl (C=O) groups is 1. The van der Waals surface area contributed by atoms with Gasteiger partial charge in [0.2, 0.25) is 5.91 Å². The molecule has 2 heterocycles. The molecule has 2 aliphatic rings. The van der Waals surface area contributed by atoms with E-state index in [4.69, 9.17) is 0 Å². The Morgan fingerprint density at radius 1 is 1.25 bits per heavy atom. The molecule has 0 spiro atoms. The topological polar surface area (TPSA) is 67.2 Å². The van der Waals surface area contributed by atoms with Gasteiger partial charge in [-0.3, -0.25) is 9.69 Å². The maximum absolute atomic E-state index is 11.9. The Labute approximate surface area is 118 Å². The summed E-state index contributed by atoms with van der Waals surface area (Å²) in [6.07, 6.45) is 4.25. The Morgan fingerprint density at radius 2 is 1.95 bits per heavy atom. The number of likely N-dealkylation sites (tertiary alicyclic amines) is 1. The number of rotatable bonds is 4. The van der Waals surface area contributed by atoms with E-state index in [-0.39, 0.29) is 11.8 Å². The van der Waals surface area contributed by atoms with Crippen LogP contribution < -0.4 is 0 Å². The van der Waals surface area contributed by atoms with Gasteiger partial charge >= 0.3 is 0 Å². The summed E-state index contributed by atoms with van der Waals surface area (Å²) < 4.78 is 1.97. The predicted octanol–water partition coefficient (Wildman–Crippen LogP) is 0.308. The fraction of sp³-hybridized carbons (Fsp3) is 0.846. The van der Waals surface area contributed by atoms with E-state index in [1.807, 2.05) is 18.8 Å². The molecule has 0 aromatic carbocycles. The minimum atomic E-state index is 0.181. The average molecular weight is 278 g/mol. The van der Waals surface area contributed by atoms with Gasteiger partial charge in [0.05, 0.1) is 12.6 Å². The minimum Gasteiger partial charge on any atom is -0.349 e. The van der Waals surface area contributed by atoms with E-state index in [1.165, 1.54) is 12.8 Å². The van der Waals surface area contributed by atoms with Crippen molar-refractivity contribution in [3.8, 4) is 0 Å². The highest BCUT2D eigenvalue weighted by atomic mass is 16.2. The van der Waals surface area contributed by atoms with Crippen LogP contribution in [0.4, 0.5) is 0 Å². The smallest absolute Gasteiger partial charge is 0.225 e. The zero-order valence-corrected chi connectivity index (χ0v) is 12.2. The summed E-state index contributed by atoms with van der Waals surface area (Å²) in [5.41, 5.74) is 0. The molecule has 1 aliphatic carbocycles. The zero-order chi connectivity index (χ0) is 14.1. The third-order valence-corrected chi connectivity index (χ3v) is 4.20. The summed E-state index contributed by atoms with van der Waals surface area (Å²) >= 11 is 0. The highest BCUT2D eigenvalue weighted by molar-refractivity contribution is 5.78. The maximum Gasteiger partial charge on any atom is 0.225 e. The van der Waals surface area contributed by atoms with Gasteiger partial charge in [0.1, 0.15) is 0 Å². The number of hydrogen-bond donors (Lipinski definition) is 0. The molecule has 0 N–H and O–H groups in total. The van der Waals surface area contributed by atoms with Gasteiger partial charge in [-0.2, -0.15) is 0 Å². The fourth-order valence-corrected chi connectivity index (χ4v) is 2.82. The quantitative estimate of drug-likeness (QED) is 0.793. The van der Waals surface area contributed by atoms with Crippen molar-refractivity contribution in [2.45, 2.75) is 38.3 Å². The first-order chi connectivity index (χ1) is 9.65. The van der Waals surface area contributed by atoms with Crippen LogP contribution in [0, 0.1) is 5.92 Å². The van der Waals surface area contributed by atoms with Crippen LogP contribution in [0.25, 0.3) is 0 Å². The zero-order valence-electron chi connectivity index (χ0n) is 12.2. The molecule has 0 radical (unpaired) electrons. The van der Waals surface area contributed by atoms with E-state index in [1.54, 1.807) is 4.90 Å². The minimum absolute atomic E-state index is 0.181. The van der Waals surface area contributed by atoms with Crippen molar-refractivity contribution in [3.63, 3.8) is 0 Å². The second kappa shape index (κ2) is 5.47. The molecule has 7 heteroatoms. The van der Waals surface area contributed by atoms with Crippen LogP contribution in [-0.2, 0) is 11.3 Å². The Morgan fingerprint density at radius 3 is 2.55 bits per heavy atom. The van der Waals surface area contributed by atoms with Crippen molar-refractivity contribution in [1.29, 1.82) is 0 Å². The molecule has 0 unspecified atom stereocenters. The largest absolute Gasteiger partial charge is 0.349 e. The molecule has 1 aromatic heterocycles. The molecule has 7 nitrogen and oxygen atoms in total. The molecule has 3 rings (SSSR count). The lowest BCUT2D eigenvalue weighted by atomic mass is 9.95. The van der Waals surface area contributed by atoms with Crippen LogP contribution in [0.1, 0.15) is 37.5 Å². The van der Waals surface area contributed by atoms with Gasteiger partial charge < -0.3 is 4.90 Å². The number of carbonyl (C=O) groups excluding carboxylic acids is 1. The van der Waals surface area contributed by atoms with Crippen LogP contribution in [0.2, 0.25) is 0 Å². The molecule has 2 fully saturated rings. The third kappa shape index (κ3) is 2.82. The van der Waals surface area contributed by atoms with Crippen LogP contribution in [0.5, 0.6) is 0 Å². The number of aromatic nitrogens is 4. The van der Waals surface area contributed by atoms with Crippen molar-refractivity contribution in [3.05, 3.63) is 5.82 Å². The Hall–Kier alpha value is -1.50. The van der Waals surface area contributed by atoms with Crippen LogP contribution in [-0.4, -0.2) is 63.1 Å². The molecule has 1 saturated carbocycles. The molecule has 0 atom stereocenters. The van der Waals surface area contributed by atoms with Crippen molar-refractivity contribution < 1.29 is 4.79 Å². The van der Waals surface area contributed by atoms with Gasteiger partial charge in [0.15, 0.2) is 5.82 Å². The van der Waals surface area contributed by atoms with Crippen LogP contribution in [0.3, 0.4) is 0 Å². The van der Waals surface area contributed by atoms with E-state index in [0.29, 0.717) is 6.04 Å². The molecule has 1 amide bonds. The van der Waals surface area contributed by atoms with Gasteiger partial charge in [0, 0.05) is 20.0 Å². The van der Waals surface area contributed by atoms with Gasteiger partial charge in [-0.05, 0) is 49.2 Å². The van der Waals surface area contributed by atoms with E-state index in [2.05, 4.69) is 20.4 Å². The summed E-state index contributed by atoms with van der Waals surface area (Å²) in [6.45, 7) is 2.69. The maximum atomic E-state index is 11.9. The van der Waals surface area contributed by atoms with Crippen LogP contribution in [0.15, 0.2) is 0 Å². The highest BCUT2D eigenvalue weighted by Gasteiger charge is 2.30. The summed E-state index contributed by atoms with van der Waals surface area (Å²) in [6, 6.07) is 0.521. The number of piperidine rings is 1. The standard InChI is InChI=1S/C13H22N6O/c1-17(2)13(20)10-5-7-18(8-6-10)9-12-14-15-16-19(12)11-3-4-11/h10-11H,3-9H2,1-2H3. The summed E-state index contributed by atoms with van der Waals surface area (Å²) in [7, 11) is 3.66. The predicted molar refractivity (Wildman–Crippen MR) is 72.8 cm³/mol. The lowest BCUT2D eigenvalue weighted by molar-refractivity contribution is -0.134. The summed E-state index contributed by atoms with van der Waals surface area (Å²) in [5, 5.41) is 12.0. The third-order valence-electron chi connectivity index (χ3n) is 4.20. The Balaban J connectivity index is 1.53. The lowest BCUT2D eigenvalue weighted by Gasteiger charge is -2.31. The van der Waals surface area contributed by atoms with Gasteiger partial charge in [-0.15, -0.1) is 5.10 Å².